The molecule has 0 amide bonds. The van der Waals surface area contributed by atoms with Crippen LogP contribution >= 0.6 is 0 Å². The number of ketones is 1. The molecule has 170 valence electrons. The predicted octanol–water partition coefficient (Wildman–Crippen LogP) is 7.63. The van der Waals surface area contributed by atoms with Gasteiger partial charge >= 0.3 is 6.16 Å². The molecule has 1 rings (SSSR count). The van der Waals surface area contributed by atoms with E-state index in [0.29, 0.717) is 6.42 Å². The molecule has 0 fully saturated rings. The van der Waals surface area contributed by atoms with Gasteiger partial charge in [0.25, 0.3) is 0 Å². The van der Waals surface area contributed by atoms with Gasteiger partial charge in [-0.3, -0.25) is 4.79 Å². The normalized spacial score (nSPS) is 12.4. The van der Waals surface area contributed by atoms with E-state index in [0.717, 1.165) is 18.4 Å². The van der Waals surface area contributed by atoms with Gasteiger partial charge in [-0.25, -0.2) is 4.79 Å². The number of ether oxygens (including phenoxy) is 2. The molecule has 0 unspecified atom stereocenters. The molecule has 0 spiro atoms. The lowest BCUT2D eigenvalue weighted by molar-refractivity contribution is -0.128. The van der Waals surface area contributed by atoms with E-state index in [-0.39, 0.29) is 18.8 Å². The molecular weight excluding hydrogens is 376 g/mol. The van der Waals surface area contributed by atoms with Gasteiger partial charge in [0.2, 0.25) is 0 Å². The molecule has 1 aromatic carbocycles. The number of hydrogen-bond donors (Lipinski definition) is 0. The average molecular weight is 419 g/mol. The van der Waals surface area contributed by atoms with E-state index < -0.39 is 17.7 Å². The average Bonchev–Trinajstić information content (AvgIpc) is 2.71. The summed E-state index contributed by atoms with van der Waals surface area (Å²) in [7, 11) is 0. The summed E-state index contributed by atoms with van der Waals surface area (Å²) in [5, 5.41) is 0. The fourth-order valence-electron chi connectivity index (χ4n) is 3.28. The standard InChI is InChI=1S/C26H42O4/c1-5-6-7-8-9-10-11-12-16-19-23(20-24(27)26(2,3)4)30-25(28)29-21-22-17-14-13-15-18-22/h13-15,17-18,23H,5-12,16,19-21H2,1-4H3/t23-/m1/s1. The first-order valence-corrected chi connectivity index (χ1v) is 11.7. The van der Waals surface area contributed by atoms with E-state index in [1.54, 1.807) is 0 Å². The van der Waals surface area contributed by atoms with Gasteiger partial charge < -0.3 is 9.47 Å². The Morgan fingerprint density at radius 1 is 0.867 bits per heavy atom. The summed E-state index contributed by atoms with van der Waals surface area (Å²) >= 11 is 0. The van der Waals surface area contributed by atoms with Crippen LogP contribution in [0.15, 0.2) is 30.3 Å². The first-order valence-electron chi connectivity index (χ1n) is 11.7. The maximum absolute atomic E-state index is 12.5. The van der Waals surface area contributed by atoms with Crippen molar-refractivity contribution in [1.29, 1.82) is 0 Å². The molecule has 0 aliphatic rings. The van der Waals surface area contributed by atoms with Crippen molar-refractivity contribution in [2.24, 2.45) is 5.41 Å². The smallest absolute Gasteiger partial charge is 0.431 e. The number of hydrogen-bond acceptors (Lipinski definition) is 4. The van der Waals surface area contributed by atoms with Crippen LogP contribution in [0.2, 0.25) is 0 Å². The number of unbranched alkanes of at least 4 members (excludes halogenated alkanes) is 8. The quantitative estimate of drug-likeness (QED) is 0.217. The SMILES string of the molecule is CCCCCCCCCCC[C@H](CC(=O)C(C)(C)C)OC(=O)OCc1ccccc1. The summed E-state index contributed by atoms with van der Waals surface area (Å²) in [4.78, 5) is 24.6. The van der Waals surface area contributed by atoms with Crippen molar-refractivity contribution < 1.29 is 19.1 Å². The van der Waals surface area contributed by atoms with E-state index in [1.165, 1.54) is 44.9 Å². The van der Waals surface area contributed by atoms with Gasteiger partial charge in [-0.2, -0.15) is 0 Å². The summed E-state index contributed by atoms with van der Waals surface area (Å²) in [5.41, 5.74) is 0.476. The molecule has 0 aliphatic heterocycles. The predicted molar refractivity (Wildman–Crippen MR) is 122 cm³/mol. The number of benzene rings is 1. The van der Waals surface area contributed by atoms with Crippen molar-refractivity contribution in [3.05, 3.63) is 35.9 Å². The number of Topliss-reactive ketones (excluding diaryl/α,β-unsaturated/α-hetero) is 1. The second kappa shape index (κ2) is 15.0. The lowest BCUT2D eigenvalue weighted by atomic mass is 9.87. The summed E-state index contributed by atoms with van der Waals surface area (Å²) in [5.74, 6) is 0.110. The van der Waals surface area contributed by atoms with Crippen LogP contribution in [0.1, 0.15) is 104 Å². The van der Waals surface area contributed by atoms with Crippen molar-refractivity contribution in [2.45, 2.75) is 111 Å². The van der Waals surface area contributed by atoms with Crippen molar-refractivity contribution in [1.82, 2.24) is 0 Å². The minimum Gasteiger partial charge on any atom is -0.431 e. The minimum absolute atomic E-state index is 0.110. The first-order chi connectivity index (χ1) is 14.3. The minimum atomic E-state index is -0.693. The van der Waals surface area contributed by atoms with Gasteiger partial charge in [0.05, 0.1) is 0 Å². The highest BCUT2D eigenvalue weighted by atomic mass is 16.7. The maximum Gasteiger partial charge on any atom is 0.508 e. The van der Waals surface area contributed by atoms with Crippen molar-refractivity contribution in [3.63, 3.8) is 0 Å². The summed E-state index contributed by atoms with van der Waals surface area (Å²) in [6.07, 6.45) is 11.0. The Labute approximate surface area is 183 Å². The zero-order chi connectivity index (χ0) is 22.2. The molecule has 0 bridgehead atoms. The van der Waals surface area contributed by atoms with Gasteiger partial charge in [0.1, 0.15) is 18.5 Å². The Morgan fingerprint density at radius 2 is 1.43 bits per heavy atom. The van der Waals surface area contributed by atoms with E-state index >= 15 is 0 Å². The zero-order valence-corrected chi connectivity index (χ0v) is 19.6. The van der Waals surface area contributed by atoms with Crippen molar-refractivity contribution >= 4 is 11.9 Å². The van der Waals surface area contributed by atoms with E-state index in [9.17, 15) is 9.59 Å². The third kappa shape index (κ3) is 12.7. The fourth-order valence-corrected chi connectivity index (χ4v) is 3.28. The number of carbonyl (C=O) groups excluding carboxylic acids is 2. The van der Waals surface area contributed by atoms with Crippen LogP contribution in [-0.4, -0.2) is 18.0 Å². The molecular formula is C26H42O4. The van der Waals surface area contributed by atoms with Crippen LogP contribution in [0, 0.1) is 5.41 Å². The lowest BCUT2D eigenvalue weighted by Crippen LogP contribution is -2.28. The molecule has 4 nitrogen and oxygen atoms in total. The molecule has 1 aromatic rings. The Bertz CT molecular complexity index is 589. The molecule has 4 heteroatoms. The topological polar surface area (TPSA) is 52.6 Å². The molecule has 0 saturated carbocycles. The molecule has 1 atom stereocenters. The molecule has 0 heterocycles. The molecule has 0 saturated heterocycles. The van der Waals surface area contributed by atoms with Crippen LogP contribution < -0.4 is 0 Å². The highest BCUT2D eigenvalue weighted by Gasteiger charge is 2.26. The Kier molecular flexibility index (Phi) is 13.1. The Morgan fingerprint density at radius 3 is 2.00 bits per heavy atom. The molecule has 30 heavy (non-hydrogen) atoms. The number of rotatable bonds is 15. The van der Waals surface area contributed by atoms with E-state index in [2.05, 4.69) is 6.92 Å². The lowest BCUT2D eigenvalue weighted by Gasteiger charge is -2.22. The Balaban J connectivity index is 2.38. The second-order valence-electron chi connectivity index (χ2n) is 9.26. The molecule has 0 aliphatic carbocycles. The van der Waals surface area contributed by atoms with Crippen LogP contribution in [0.3, 0.4) is 0 Å². The Hall–Kier alpha value is -1.84. The third-order valence-electron chi connectivity index (χ3n) is 5.34. The van der Waals surface area contributed by atoms with Crippen molar-refractivity contribution in [2.75, 3.05) is 0 Å². The zero-order valence-electron chi connectivity index (χ0n) is 19.6. The largest absolute Gasteiger partial charge is 0.508 e. The van der Waals surface area contributed by atoms with Gasteiger partial charge in [0.15, 0.2) is 0 Å². The molecule has 0 aromatic heterocycles. The van der Waals surface area contributed by atoms with Crippen LogP contribution in [0.5, 0.6) is 0 Å². The van der Waals surface area contributed by atoms with Gasteiger partial charge in [0, 0.05) is 11.8 Å². The second-order valence-corrected chi connectivity index (χ2v) is 9.26. The van der Waals surface area contributed by atoms with Gasteiger partial charge in [-0.1, -0.05) is 109 Å². The fraction of sp³-hybridized carbons (Fsp3) is 0.692. The van der Waals surface area contributed by atoms with Gasteiger partial charge in [-0.15, -0.1) is 0 Å². The monoisotopic (exact) mass is 418 g/mol. The van der Waals surface area contributed by atoms with Crippen molar-refractivity contribution in [3.8, 4) is 0 Å². The third-order valence-corrected chi connectivity index (χ3v) is 5.34. The van der Waals surface area contributed by atoms with Crippen LogP contribution in [-0.2, 0) is 20.9 Å². The molecule has 0 radical (unpaired) electrons. The molecule has 0 N–H and O–H groups in total. The first kappa shape index (κ1) is 26.2. The number of carbonyl (C=O) groups is 2. The van der Waals surface area contributed by atoms with E-state index in [1.807, 2.05) is 51.1 Å². The highest BCUT2D eigenvalue weighted by Crippen LogP contribution is 2.22. The van der Waals surface area contributed by atoms with Crippen LogP contribution in [0.25, 0.3) is 0 Å². The van der Waals surface area contributed by atoms with E-state index in [4.69, 9.17) is 9.47 Å². The highest BCUT2D eigenvalue weighted by molar-refractivity contribution is 5.84. The summed E-state index contributed by atoms with van der Waals surface area (Å²) < 4.78 is 10.8. The maximum atomic E-state index is 12.5. The van der Waals surface area contributed by atoms with Gasteiger partial charge in [-0.05, 0) is 18.4 Å². The summed E-state index contributed by atoms with van der Waals surface area (Å²) in [6, 6.07) is 9.52. The summed E-state index contributed by atoms with van der Waals surface area (Å²) in [6.45, 7) is 8.12. The van der Waals surface area contributed by atoms with Crippen LogP contribution in [0.4, 0.5) is 4.79 Å².